The van der Waals surface area contributed by atoms with E-state index in [-0.39, 0.29) is 15.6 Å². The maximum absolute atomic E-state index is 13.8. The van der Waals surface area contributed by atoms with Gasteiger partial charge in [0, 0.05) is 24.2 Å². The normalized spacial score (nSPS) is 12.6. The van der Waals surface area contributed by atoms with E-state index in [4.69, 9.17) is 23.2 Å². The molecule has 2 rings (SSSR count). The van der Waals surface area contributed by atoms with Crippen molar-refractivity contribution in [3.63, 3.8) is 0 Å². The second kappa shape index (κ2) is 7.11. The lowest BCUT2D eigenvalue weighted by Crippen LogP contribution is -2.27. The standard InChI is InChI=1S/C15H11Cl2F4NO2S/c1-22(8-10-11(16)3-2-4-13(10)18)25(23,24)14-7-9(15(19,20)21)5-6-12(14)17/h2-7H,8H2,1H3. The van der Waals surface area contributed by atoms with Crippen molar-refractivity contribution in [1.82, 2.24) is 4.31 Å². The number of alkyl halides is 3. The van der Waals surface area contributed by atoms with Gasteiger partial charge in [-0.05, 0) is 30.3 Å². The molecule has 0 aliphatic heterocycles. The maximum Gasteiger partial charge on any atom is 0.416 e. The van der Waals surface area contributed by atoms with Crippen LogP contribution in [0.5, 0.6) is 0 Å². The van der Waals surface area contributed by atoms with Crippen molar-refractivity contribution in [2.75, 3.05) is 7.05 Å². The number of hydrogen-bond donors (Lipinski definition) is 0. The van der Waals surface area contributed by atoms with Crippen molar-refractivity contribution in [2.45, 2.75) is 17.6 Å². The van der Waals surface area contributed by atoms with Crippen molar-refractivity contribution >= 4 is 33.2 Å². The van der Waals surface area contributed by atoms with Gasteiger partial charge in [-0.2, -0.15) is 17.5 Å². The van der Waals surface area contributed by atoms with Crippen molar-refractivity contribution in [2.24, 2.45) is 0 Å². The van der Waals surface area contributed by atoms with Crippen LogP contribution in [0.4, 0.5) is 17.6 Å². The van der Waals surface area contributed by atoms with Crippen molar-refractivity contribution in [3.05, 3.63) is 63.4 Å². The Bertz CT molecular complexity index is 881. The quantitative estimate of drug-likeness (QED) is 0.660. The fraction of sp³-hybridized carbons (Fsp3) is 0.200. The summed E-state index contributed by atoms with van der Waals surface area (Å²) < 4.78 is 78.1. The second-order valence-corrected chi connectivity index (χ2v) is 7.93. The lowest BCUT2D eigenvalue weighted by molar-refractivity contribution is -0.137. The Morgan fingerprint density at radius 2 is 1.72 bits per heavy atom. The minimum absolute atomic E-state index is 0.00260. The highest BCUT2D eigenvalue weighted by atomic mass is 35.5. The summed E-state index contributed by atoms with van der Waals surface area (Å²) in [5.41, 5.74) is -1.26. The Morgan fingerprint density at radius 1 is 1.08 bits per heavy atom. The highest BCUT2D eigenvalue weighted by Crippen LogP contribution is 2.34. The molecule has 0 heterocycles. The van der Waals surface area contributed by atoms with Gasteiger partial charge in [0.25, 0.3) is 0 Å². The van der Waals surface area contributed by atoms with Gasteiger partial charge in [0.05, 0.1) is 10.6 Å². The molecule has 0 N–H and O–H groups in total. The lowest BCUT2D eigenvalue weighted by Gasteiger charge is -2.20. The number of benzene rings is 2. The Hall–Kier alpha value is -1.35. The van der Waals surface area contributed by atoms with Gasteiger partial charge in [0.2, 0.25) is 10.0 Å². The molecule has 2 aromatic carbocycles. The molecule has 3 nitrogen and oxygen atoms in total. The molecule has 0 radical (unpaired) electrons. The van der Waals surface area contributed by atoms with Gasteiger partial charge in [0.15, 0.2) is 0 Å². The van der Waals surface area contributed by atoms with Crippen LogP contribution < -0.4 is 0 Å². The number of sulfonamides is 1. The van der Waals surface area contributed by atoms with Crippen LogP contribution in [0.1, 0.15) is 11.1 Å². The summed E-state index contributed by atoms with van der Waals surface area (Å²) in [5, 5.41) is -0.378. The molecule has 0 saturated carbocycles. The van der Waals surface area contributed by atoms with Gasteiger partial charge in [-0.3, -0.25) is 0 Å². The highest BCUT2D eigenvalue weighted by molar-refractivity contribution is 7.89. The van der Waals surface area contributed by atoms with Crippen LogP contribution >= 0.6 is 23.2 Å². The van der Waals surface area contributed by atoms with Crippen molar-refractivity contribution in [3.8, 4) is 0 Å². The van der Waals surface area contributed by atoms with Crippen LogP contribution in [0.15, 0.2) is 41.3 Å². The number of rotatable bonds is 4. The van der Waals surface area contributed by atoms with E-state index in [0.717, 1.165) is 19.2 Å². The molecule has 0 unspecified atom stereocenters. The number of halogens is 6. The Morgan fingerprint density at radius 3 is 2.28 bits per heavy atom. The maximum atomic E-state index is 13.8. The predicted octanol–water partition coefficient (Wildman–Crippen LogP) is 4.97. The van der Waals surface area contributed by atoms with E-state index in [9.17, 15) is 26.0 Å². The fourth-order valence-corrected chi connectivity index (χ4v) is 3.89. The monoisotopic (exact) mass is 415 g/mol. The summed E-state index contributed by atoms with van der Waals surface area (Å²) in [7, 11) is -3.32. The Kier molecular flexibility index (Phi) is 5.68. The molecule has 0 saturated heterocycles. The third kappa shape index (κ3) is 4.25. The van der Waals surface area contributed by atoms with E-state index >= 15 is 0 Å². The minimum Gasteiger partial charge on any atom is -0.207 e. The summed E-state index contributed by atoms with van der Waals surface area (Å²) in [6.07, 6.45) is -4.73. The first-order valence-corrected chi connectivity index (χ1v) is 8.90. The average molecular weight is 416 g/mol. The van der Waals surface area contributed by atoms with E-state index in [0.29, 0.717) is 16.4 Å². The predicted molar refractivity (Wildman–Crippen MR) is 86.5 cm³/mol. The van der Waals surface area contributed by atoms with Crippen LogP contribution in [0, 0.1) is 5.82 Å². The van der Waals surface area contributed by atoms with E-state index in [1.165, 1.54) is 12.1 Å². The van der Waals surface area contributed by atoms with Crippen LogP contribution in [0.2, 0.25) is 10.0 Å². The van der Waals surface area contributed by atoms with Crippen LogP contribution in [-0.2, 0) is 22.7 Å². The molecule has 0 aliphatic rings. The molecule has 0 aliphatic carbocycles. The SMILES string of the molecule is CN(Cc1c(F)cccc1Cl)S(=O)(=O)c1cc(C(F)(F)F)ccc1Cl. The summed E-state index contributed by atoms with van der Waals surface area (Å²) in [4.78, 5) is -0.723. The summed E-state index contributed by atoms with van der Waals surface area (Å²) in [5.74, 6) is -0.732. The summed E-state index contributed by atoms with van der Waals surface area (Å²) in [6.45, 7) is -0.472. The lowest BCUT2D eigenvalue weighted by atomic mass is 10.2. The first-order valence-electron chi connectivity index (χ1n) is 6.70. The van der Waals surface area contributed by atoms with E-state index < -0.39 is 39.0 Å². The molecule has 0 spiro atoms. The molecule has 136 valence electrons. The molecule has 10 heteroatoms. The first kappa shape index (κ1) is 20.0. The van der Waals surface area contributed by atoms with E-state index in [2.05, 4.69) is 0 Å². The molecule has 0 atom stereocenters. The summed E-state index contributed by atoms with van der Waals surface area (Å²) in [6, 6.07) is 5.78. The zero-order valence-electron chi connectivity index (χ0n) is 12.6. The van der Waals surface area contributed by atoms with Gasteiger partial charge in [-0.1, -0.05) is 29.3 Å². The highest BCUT2D eigenvalue weighted by Gasteiger charge is 2.34. The van der Waals surface area contributed by atoms with Gasteiger partial charge in [-0.25, -0.2) is 12.8 Å². The zero-order chi connectivity index (χ0) is 19.0. The van der Waals surface area contributed by atoms with Gasteiger partial charge in [0.1, 0.15) is 10.7 Å². The van der Waals surface area contributed by atoms with Crippen LogP contribution in [-0.4, -0.2) is 19.8 Å². The average Bonchev–Trinajstić information content (AvgIpc) is 2.49. The molecular weight excluding hydrogens is 405 g/mol. The number of nitrogens with zero attached hydrogens (tertiary/aromatic N) is 1. The Balaban J connectivity index is 2.45. The molecule has 0 bridgehead atoms. The second-order valence-electron chi connectivity index (χ2n) is 5.10. The van der Waals surface area contributed by atoms with Crippen LogP contribution in [0.25, 0.3) is 0 Å². The Labute approximate surface area is 151 Å². The topological polar surface area (TPSA) is 37.4 Å². The van der Waals surface area contributed by atoms with Crippen molar-refractivity contribution < 1.29 is 26.0 Å². The van der Waals surface area contributed by atoms with E-state index in [1.54, 1.807) is 0 Å². The molecule has 0 amide bonds. The van der Waals surface area contributed by atoms with Gasteiger partial charge in [-0.15, -0.1) is 0 Å². The number of hydrogen-bond acceptors (Lipinski definition) is 2. The van der Waals surface area contributed by atoms with E-state index in [1.807, 2.05) is 0 Å². The molecular formula is C15H11Cl2F4NO2S. The largest absolute Gasteiger partial charge is 0.416 e. The summed E-state index contributed by atoms with van der Waals surface area (Å²) >= 11 is 11.6. The first-order chi connectivity index (χ1) is 11.4. The third-order valence-corrected chi connectivity index (χ3v) is 6.03. The third-order valence-electron chi connectivity index (χ3n) is 3.39. The molecule has 0 aromatic heterocycles. The van der Waals surface area contributed by atoms with Crippen molar-refractivity contribution in [1.29, 1.82) is 0 Å². The van der Waals surface area contributed by atoms with Crippen LogP contribution in [0.3, 0.4) is 0 Å². The fourth-order valence-electron chi connectivity index (χ4n) is 2.04. The smallest absolute Gasteiger partial charge is 0.207 e. The minimum atomic E-state index is -4.73. The van der Waals surface area contributed by atoms with Gasteiger partial charge >= 0.3 is 6.18 Å². The molecule has 25 heavy (non-hydrogen) atoms. The van der Waals surface area contributed by atoms with Gasteiger partial charge < -0.3 is 0 Å². The molecule has 2 aromatic rings. The molecule has 0 fully saturated rings. The zero-order valence-corrected chi connectivity index (χ0v) is 14.9.